The lowest BCUT2D eigenvalue weighted by Crippen LogP contribution is -2.28. The summed E-state index contributed by atoms with van der Waals surface area (Å²) in [5.41, 5.74) is 3.04. The van der Waals surface area contributed by atoms with Crippen molar-refractivity contribution in [2.24, 2.45) is 5.92 Å². The third-order valence-electron chi connectivity index (χ3n) is 4.20. The molecule has 0 bridgehead atoms. The van der Waals surface area contributed by atoms with Gasteiger partial charge in [-0.2, -0.15) is 0 Å². The standard InChI is InChI=1S/C19H18BrFN2O2/c1-11-5-12(2)7-15(6-11)23-10-13(8-18(23)24)19(25)22-17-4-3-14(20)9-16(17)21/h3-7,9,13H,8,10H2,1-2H3,(H,22,25). The maximum atomic E-state index is 13.9. The minimum Gasteiger partial charge on any atom is -0.323 e. The van der Waals surface area contributed by atoms with E-state index in [0.717, 1.165) is 16.8 Å². The third kappa shape index (κ3) is 3.90. The number of aryl methyl sites for hydroxylation is 2. The molecule has 4 nitrogen and oxygen atoms in total. The van der Waals surface area contributed by atoms with E-state index in [2.05, 4.69) is 21.2 Å². The molecule has 1 aliphatic rings. The van der Waals surface area contributed by atoms with Gasteiger partial charge in [0.2, 0.25) is 11.8 Å². The van der Waals surface area contributed by atoms with Crippen LogP contribution >= 0.6 is 15.9 Å². The Hall–Kier alpha value is -2.21. The molecule has 3 rings (SSSR count). The monoisotopic (exact) mass is 404 g/mol. The summed E-state index contributed by atoms with van der Waals surface area (Å²) in [4.78, 5) is 26.4. The number of carbonyl (C=O) groups is 2. The molecule has 1 unspecified atom stereocenters. The van der Waals surface area contributed by atoms with Crippen molar-refractivity contribution in [2.45, 2.75) is 20.3 Å². The maximum absolute atomic E-state index is 13.9. The van der Waals surface area contributed by atoms with Crippen molar-refractivity contribution in [2.75, 3.05) is 16.8 Å². The van der Waals surface area contributed by atoms with E-state index in [1.165, 1.54) is 12.1 Å². The maximum Gasteiger partial charge on any atom is 0.229 e. The molecule has 25 heavy (non-hydrogen) atoms. The predicted molar refractivity (Wildman–Crippen MR) is 99.1 cm³/mol. The Bertz CT molecular complexity index is 833. The highest BCUT2D eigenvalue weighted by molar-refractivity contribution is 9.10. The van der Waals surface area contributed by atoms with Gasteiger partial charge in [0.1, 0.15) is 5.82 Å². The van der Waals surface area contributed by atoms with Gasteiger partial charge in [-0.3, -0.25) is 9.59 Å². The van der Waals surface area contributed by atoms with Gasteiger partial charge < -0.3 is 10.2 Å². The van der Waals surface area contributed by atoms with Crippen LogP contribution in [0.3, 0.4) is 0 Å². The van der Waals surface area contributed by atoms with Gasteiger partial charge in [0.25, 0.3) is 0 Å². The second-order valence-electron chi connectivity index (χ2n) is 6.36. The van der Waals surface area contributed by atoms with Crippen LogP contribution in [-0.4, -0.2) is 18.4 Å². The number of carbonyl (C=O) groups excluding carboxylic acids is 2. The van der Waals surface area contributed by atoms with E-state index in [1.807, 2.05) is 32.0 Å². The molecule has 1 N–H and O–H groups in total. The zero-order valence-corrected chi connectivity index (χ0v) is 15.6. The summed E-state index contributed by atoms with van der Waals surface area (Å²) in [5.74, 6) is -1.46. The Balaban J connectivity index is 1.74. The third-order valence-corrected chi connectivity index (χ3v) is 4.70. The number of hydrogen-bond acceptors (Lipinski definition) is 2. The van der Waals surface area contributed by atoms with Crippen molar-refractivity contribution < 1.29 is 14.0 Å². The van der Waals surface area contributed by atoms with Crippen molar-refractivity contribution in [1.82, 2.24) is 0 Å². The molecule has 2 aromatic rings. The fourth-order valence-corrected chi connectivity index (χ4v) is 3.40. The highest BCUT2D eigenvalue weighted by atomic mass is 79.9. The van der Waals surface area contributed by atoms with E-state index >= 15 is 0 Å². The topological polar surface area (TPSA) is 49.4 Å². The highest BCUT2D eigenvalue weighted by Gasteiger charge is 2.35. The molecule has 1 aliphatic heterocycles. The van der Waals surface area contributed by atoms with Crippen LogP contribution in [0, 0.1) is 25.6 Å². The molecule has 0 aliphatic carbocycles. The summed E-state index contributed by atoms with van der Waals surface area (Å²) in [7, 11) is 0. The molecular formula is C19H18BrFN2O2. The van der Waals surface area contributed by atoms with E-state index in [0.29, 0.717) is 11.0 Å². The lowest BCUT2D eigenvalue weighted by molar-refractivity contribution is -0.122. The van der Waals surface area contributed by atoms with E-state index in [9.17, 15) is 14.0 Å². The molecular weight excluding hydrogens is 387 g/mol. The van der Waals surface area contributed by atoms with Crippen LogP contribution in [0.1, 0.15) is 17.5 Å². The Morgan fingerprint density at radius 1 is 1.20 bits per heavy atom. The Morgan fingerprint density at radius 3 is 2.52 bits per heavy atom. The summed E-state index contributed by atoms with van der Waals surface area (Å²) in [6.07, 6.45) is 0.122. The van der Waals surface area contributed by atoms with Crippen molar-refractivity contribution in [3.63, 3.8) is 0 Å². The molecule has 0 aromatic heterocycles. The predicted octanol–water partition coefficient (Wildman–Crippen LogP) is 4.20. The van der Waals surface area contributed by atoms with Crippen LogP contribution in [0.5, 0.6) is 0 Å². The van der Waals surface area contributed by atoms with Crippen LogP contribution in [0.25, 0.3) is 0 Å². The number of nitrogens with zero attached hydrogens (tertiary/aromatic N) is 1. The number of amides is 2. The van der Waals surface area contributed by atoms with Crippen LogP contribution in [-0.2, 0) is 9.59 Å². The molecule has 0 saturated carbocycles. The number of hydrogen-bond donors (Lipinski definition) is 1. The van der Waals surface area contributed by atoms with Gasteiger partial charge in [-0.25, -0.2) is 4.39 Å². The summed E-state index contributed by atoms with van der Waals surface area (Å²) < 4.78 is 14.5. The van der Waals surface area contributed by atoms with Crippen LogP contribution < -0.4 is 10.2 Å². The first kappa shape index (κ1) is 17.6. The Kier molecular flexibility index (Phi) is 4.90. The Labute approximate surface area is 154 Å². The first-order valence-electron chi connectivity index (χ1n) is 7.98. The fraction of sp³-hybridized carbons (Fsp3) is 0.263. The highest BCUT2D eigenvalue weighted by Crippen LogP contribution is 2.28. The van der Waals surface area contributed by atoms with E-state index in [4.69, 9.17) is 0 Å². The average Bonchev–Trinajstić information content (AvgIpc) is 2.91. The summed E-state index contributed by atoms with van der Waals surface area (Å²) in [6.45, 7) is 4.24. The Morgan fingerprint density at radius 2 is 1.88 bits per heavy atom. The molecule has 2 amide bonds. The molecule has 1 saturated heterocycles. The van der Waals surface area contributed by atoms with Crippen molar-refractivity contribution in [3.05, 3.63) is 57.8 Å². The smallest absolute Gasteiger partial charge is 0.229 e. The quantitative estimate of drug-likeness (QED) is 0.833. The molecule has 130 valence electrons. The van der Waals surface area contributed by atoms with Crippen LogP contribution in [0.2, 0.25) is 0 Å². The lowest BCUT2D eigenvalue weighted by Gasteiger charge is -2.18. The SMILES string of the molecule is Cc1cc(C)cc(N2CC(C(=O)Nc3ccc(Br)cc3F)CC2=O)c1. The van der Waals surface area contributed by atoms with Gasteiger partial charge in [-0.05, 0) is 55.3 Å². The van der Waals surface area contributed by atoms with Gasteiger partial charge in [-0.1, -0.05) is 22.0 Å². The van der Waals surface area contributed by atoms with E-state index in [-0.39, 0.29) is 23.9 Å². The normalized spacial score (nSPS) is 17.0. The molecule has 2 aromatic carbocycles. The average molecular weight is 405 g/mol. The van der Waals surface area contributed by atoms with Crippen LogP contribution in [0.4, 0.5) is 15.8 Å². The van der Waals surface area contributed by atoms with Crippen molar-refractivity contribution in [1.29, 1.82) is 0 Å². The summed E-state index contributed by atoms with van der Waals surface area (Å²) in [5, 5.41) is 2.58. The van der Waals surface area contributed by atoms with E-state index < -0.39 is 11.7 Å². The fourth-order valence-electron chi connectivity index (χ4n) is 3.06. The molecule has 1 atom stereocenters. The summed E-state index contributed by atoms with van der Waals surface area (Å²) >= 11 is 3.18. The molecule has 0 spiro atoms. The number of nitrogens with one attached hydrogen (secondary N) is 1. The van der Waals surface area contributed by atoms with Gasteiger partial charge in [0.05, 0.1) is 11.6 Å². The van der Waals surface area contributed by atoms with Crippen molar-refractivity contribution >= 4 is 39.1 Å². The van der Waals surface area contributed by atoms with Crippen molar-refractivity contribution in [3.8, 4) is 0 Å². The second-order valence-corrected chi connectivity index (χ2v) is 7.28. The van der Waals surface area contributed by atoms with Gasteiger partial charge in [-0.15, -0.1) is 0 Å². The number of benzene rings is 2. The zero-order chi connectivity index (χ0) is 18.1. The number of rotatable bonds is 3. The van der Waals surface area contributed by atoms with Crippen LogP contribution in [0.15, 0.2) is 40.9 Å². The van der Waals surface area contributed by atoms with Gasteiger partial charge >= 0.3 is 0 Å². The molecule has 6 heteroatoms. The minimum atomic E-state index is -0.516. The minimum absolute atomic E-state index is 0.0959. The summed E-state index contributed by atoms with van der Waals surface area (Å²) in [6, 6.07) is 10.3. The van der Waals surface area contributed by atoms with Gasteiger partial charge in [0, 0.05) is 23.1 Å². The first-order chi connectivity index (χ1) is 11.8. The molecule has 0 radical (unpaired) electrons. The molecule has 1 fully saturated rings. The van der Waals surface area contributed by atoms with E-state index in [1.54, 1.807) is 11.0 Å². The molecule has 1 heterocycles. The van der Waals surface area contributed by atoms with Gasteiger partial charge in [0.15, 0.2) is 0 Å². The zero-order valence-electron chi connectivity index (χ0n) is 14.0. The first-order valence-corrected chi connectivity index (χ1v) is 8.77. The number of halogens is 2. The number of anilines is 2. The second kappa shape index (κ2) is 6.96. The largest absolute Gasteiger partial charge is 0.323 e. The lowest BCUT2D eigenvalue weighted by atomic mass is 10.1.